The zero-order chi connectivity index (χ0) is 17.0. The first-order valence-corrected chi connectivity index (χ1v) is 11.0. The lowest BCUT2D eigenvalue weighted by molar-refractivity contribution is 0.550. The van der Waals surface area contributed by atoms with Crippen LogP contribution in [-0.2, 0) is 0 Å². The van der Waals surface area contributed by atoms with Gasteiger partial charge in [-0.15, -0.1) is 0 Å². The summed E-state index contributed by atoms with van der Waals surface area (Å²) < 4.78 is 0. The molecule has 0 aromatic heterocycles. The predicted octanol–water partition coefficient (Wildman–Crippen LogP) is 8.99. The van der Waals surface area contributed by atoms with E-state index in [0.717, 1.165) is 0 Å². The van der Waals surface area contributed by atoms with Gasteiger partial charge >= 0.3 is 0 Å². The van der Waals surface area contributed by atoms with Crippen LogP contribution < -0.4 is 0 Å². The van der Waals surface area contributed by atoms with E-state index in [1.807, 2.05) is 0 Å². The van der Waals surface area contributed by atoms with Crippen LogP contribution in [0.4, 0.5) is 0 Å². The molecule has 0 aliphatic rings. The predicted molar refractivity (Wildman–Crippen MR) is 108 cm³/mol. The van der Waals surface area contributed by atoms with Crippen molar-refractivity contribution in [1.82, 2.24) is 0 Å². The Morgan fingerprint density at radius 2 is 0.913 bits per heavy atom. The highest BCUT2D eigenvalue weighted by Gasteiger charge is 1.94. The van der Waals surface area contributed by atoms with Crippen molar-refractivity contribution in [2.75, 3.05) is 0 Å². The Morgan fingerprint density at radius 3 is 1.39 bits per heavy atom. The van der Waals surface area contributed by atoms with Crippen LogP contribution in [0.2, 0.25) is 0 Å². The Balaban J connectivity index is 3.20. The average molecular weight is 323 g/mol. The molecule has 0 atom stereocenters. The molecule has 0 bridgehead atoms. The standard InChI is InChI=1S/C23H46/c1-4-6-8-10-11-12-13-14-15-16-18-20-22-23(3)21-19-17-9-7-5-2/h22H,4-21H2,1-3H3. The molecule has 138 valence electrons. The molecule has 0 saturated carbocycles. The molecule has 0 aromatic carbocycles. The Morgan fingerprint density at radius 1 is 0.522 bits per heavy atom. The number of allylic oxidation sites excluding steroid dienone is 2. The number of unbranched alkanes of at least 4 members (excludes halogenated alkanes) is 15. The molecule has 0 nitrogen and oxygen atoms in total. The Labute approximate surface area is 148 Å². The summed E-state index contributed by atoms with van der Waals surface area (Å²) in [6.45, 7) is 6.92. The lowest BCUT2D eigenvalue weighted by atomic mass is 10.0. The van der Waals surface area contributed by atoms with Crippen LogP contribution >= 0.6 is 0 Å². The second-order valence-electron chi connectivity index (χ2n) is 7.54. The molecular weight excluding hydrogens is 276 g/mol. The molecule has 0 N–H and O–H groups in total. The summed E-state index contributed by atoms with van der Waals surface area (Å²) in [6.07, 6.45) is 28.1. The first-order chi connectivity index (χ1) is 11.3. The van der Waals surface area contributed by atoms with Crippen LogP contribution in [0.1, 0.15) is 136 Å². The Bertz CT molecular complexity index is 238. The fourth-order valence-electron chi connectivity index (χ4n) is 3.27. The summed E-state index contributed by atoms with van der Waals surface area (Å²) in [5.74, 6) is 0. The van der Waals surface area contributed by atoms with Crippen LogP contribution in [-0.4, -0.2) is 0 Å². The molecule has 0 aliphatic carbocycles. The number of hydrogen-bond donors (Lipinski definition) is 0. The van der Waals surface area contributed by atoms with Gasteiger partial charge in [-0.2, -0.15) is 0 Å². The summed E-state index contributed by atoms with van der Waals surface area (Å²) in [5, 5.41) is 0. The van der Waals surface area contributed by atoms with E-state index in [4.69, 9.17) is 0 Å². The maximum Gasteiger partial charge on any atom is -0.0323 e. The molecule has 0 radical (unpaired) electrons. The van der Waals surface area contributed by atoms with E-state index < -0.39 is 0 Å². The summed E-state index contributed by atoms with van der Waals surface area (Å²) in [4.78, 5) is 0. The molecule has 0 rings (SSSR count). The van der Waals surface area contributed by atoms with Crippen molar-refractivity contribution in [3.05, 3.63) is 11.6 Å². The van der Waals surface area contributed by atoms with Gasteiger partial charge in [-0.1, -0.05) is 115 Å². The normalized spacial score (nSPS) is 12.0. The van der Waals surface area contributed by atoms with Crippen LogP contribution in [0.3, 0.4) is 0 Å². The third kappa shape index (κ3) is 19.7. The average Bonchev–Trinajstić information content (AvgIpc) is 2.55. The second kappa shape index (κ2) is 19.8. The van der Waals surface area contributed by atoms with Gasteiger partial charge in [0.25, 0.3) is 0 Å². The summed E-state index contributed by atoms with van der Waals surface area (Å²) in [5.41, 5.74) is 1.63. The van der Waals surface area contributed by atoms with Crippen molar-refractivity contribution >= 4 is 0 Å². The summed E-state index contributed by atoms with van der Waals surface area (Å²) >= 11 is 0. The van der Waals surface area contributed by atoms with E-state index in [1.54, 1.807) is 5.57 Å². The van der Waals surface area contributed by atoms with Gasteiger partial charge in [0, 0.05) is 0 Å². The minimum absolute atomic E-state index is 1.32. The van der Waals surface area contributed by atoms with Gasteiger partial charge in [0.2, 0.25) is 0 Å². The quantitative estimate of drug-likeness (QED) is 0.174. The van der Waals surface area contributed by atoms with Crippen molar-refractivity contribution in [2.24, 2.45) is 0 Å². The van der Waals surface area contributed by atoms with Crippen molar-refractivity contribution < 1.29 is 0 Å². The molecule has 0 heterocycles. The number of hydrogen-bond acceptors (Lipinski definition) is 0. The van der Waals surface area contributed by atoms with Gasteiger partial charge in [-0.25, -0.2) is 0 Å². The Kier molecular flexibility index (Phi) is 19.6. The van der Waals surface area contributed by atoms with E-state index in [9.17, 15) is 0 Å². The second-order valence-corrected chi connectivity index (χ2v) is 7.54. The molecule has 0 saturated heterocycles. The highest BCUT2D eigenvalue weighted by molar-refractivity contribution is 4.97. The van der Waals surface area contributed by atoms with Crippen LogP contribution in [0.25, 0.3) is 0 Å². The lowest BCUT2D eigenvalue weighted by Crippen LogP contribution is -1.83. The summed E-state index contributed by atoms with van der Waals surface area (Å²) in [6, 6.07) is 0. The molecular formula is C23H46. The van der Waals surface area contributed by atoms with Crippen molar-refractivity contribution in [1.29, 1.82) is 0 Å². The Hall–Kier alpha value is -0.260. The monoisotopic (exact) mass is 322 g/mol. The van der Waals surface area contributed by atoms with Gasteiger partial charge in [0.15, 0.2) is 0 Å². The SMILES string of the molecule is CCCCCCCCCCCCCC=C(C)CCCCCCC. The van der Waals surface area contributed by atoms with Crippen LogP contribution in [0.15, 0.2) is 11.6 Å². The van der Waals surface area contributed by atoms with E-state index in [0.29, 0.717) is 0 Å². The molecule has 0 heteroatoms. The zero-order valence-electron chi connectivity index (χ0n) is 16.8. The fourth-order valence-corrected chi connectivity index (χ4v) is 3.27. The van der Waals surface area contributed by atoms with Gasteiger partial charge in [0.1, 0.15) is 0 Å². The van der Waals surface area contributed by atoms with E-state index in [2.05, 4.69) is 26.8 Å². The highest BCUT2D eigenvalue weighted by Crippen LogP contribution is 2.14. The molecule has 0 fully saturated rings. The van der Waals surface area contributed by atoms with Crippen LogP contribution in [0.5, 0.6) is 0 Å². The van der Waals surface area contributed by atoms with Gasteiger partial charge in [-0.3, -0.25) is 0 Å². The minimum Gasteiger partial charge on any atom is -0.0856 e. The minimum atomic E-state index is 1.32. The smallest absolute Gasteiger partial charge is 0.0323 e. The molecule has 0 amide bonds. The van der Waals surface area contributed by atoms with Gasteiger partial charge < -0.3 is 0 Å². The van der Waals surface area contributed by atoms with Gasteiger partial charge in [0.05, 0.1) is 0 Å². The zero-order valence-corrected chi connectivity index (χ0v) is 16.8. The maximum atomic E-state index is 2.51. The lowest BCUT2D eigenvalue weighted by Gasteiger charge is -2.03. The van der Waals surface area contributed by atoms with E-state index in [1.165, 1.54) is 116 Å². The maximum absolute atomic E-state index is 2.51. The van der Waals surface area contributed by atoms with Gasteiger partial charge in [-0.05, 0) is 32.6 Å². The van der Waals surface area contributed by atoms with E-state index in [-0.39, 0.29) is 0 Å². The first-order valence-electron chi connectivity index (χ1n) is 11.0. The molecule has 23 heavy (non-hydrogen) atoms. The summed E-state index contributed by atoms with van der Waals surface area (Å²) in [7, 11) is 0. The van der Waals surface area contributed by atoms with Crippen molar-refractivity contribution in [3.8, 4) is 0 Å². The molecule has 0 aliphatic heterocycles. The van der Waals surface area contributed by atoms with Crippen molar-refractivity contribution in [2.45, 2.75) is 136 Å². The topological polar surface area (TPSA) is 0 Å². The first kappa shape index (κ1) is 22.7. The fraction of sp³-hybridized carbons (Fsp3) is 0.913. The van der Waals surface area contributed by atoms with Crippen molar-refractivity contribution in [3.63, 3.8) is 0 Å². The van der Waals surface area contributed by atoms with Crippen LogP contribution in [0, 0.1) is 0 Å². The molecule has 0 spiro atoms. The van der Waals surface area contributed by atoms with E-state index >= 15 is 0 Å². The molecule has 0 unspecified atom stereocenters. The molecule has 0 aromatic rings. The highest BCUT2D eigenvalue weighted by atomic mass is 14.0. The number of rotatable bonds is 18. The largest absolute Gasteiger partial charge is 0.0856 e. The third-order valence-corrected chi connectivity index (χ3v) is 4.98. The third-order valence-electron chi connectivity index (χ3n) is 4.98.